The Morgan fingerprint density at radius 2 is 1.80 bits per heavy atom. The summed E-state index contributed by atoms with van der Waals surface area (Å²) in [6.45, 7) is 6.06. The highest BCUT2D eigenvalue weighted by molar-refractivity contribution is 5.96. The molecule has 0 aliphatic heterocycles. The molecule has 1 atom stereocenters. The zero-order chi connectivity index (χ0) is 15.1. The molecular weight excluding hydrogens is 254 g/mol. The number of carbonyl (C=O) groups excluding carboxylic acids is 2. The first-order chi connectivity index (χ1) is 9.47. The highest BCUT2D eigenvalue weighted by atomic mass is 16.5. The van der Waals surface area contributed by atoms with Crippen molar-refractivity contribution in [2.45, 2.75) is 39.7 Å². The summed E-state index contributed by atoms with van der Waals surface area (Å²) < 4.78 is 4.73. The molecule has 0 spiro atoms. The van der Waals surface area contributed by atoms with E-state index >= 15 is 0 Å². The Balaban J connectivity index is 2.76. The van der Waals surface area contributed by atoms with Crippen LogP contribution in [0, 0.1) is 5.92 Å². The Kier molecular flexibility index (Phi) is 6.22. The molecule has 110 valence electrons. The maximum atomic E-state index is 12.1. The minimum absolute atomic E-state index is 0.247. The number of rotatable bonds is 6. The summed E-state index contributed by atoms with van der Waals surface area (Å²) in [4.78, 5) is 23.8. The molecule has 1 unspecified atom stereocenters. The van der Waals surface area contributed by atoms with Crippen LogP contribution < -0.4 is 5.32 Å². The van der Waals surface area contributed by atoms with E-state index in [1.54, 1.807) is 12.1 Å². The van der Waals surface area contributed by atoms with E-state index in [1.807, 2.05) is 26.0 Å². The largest absolute Gasteiger partial charge is 0.467 e. The van der Waals surface area contributed by atoms with E-state index in [-0.39, 0.29) is 5.91 Å². The van der Waals surface area contributed by atoms with Crippen molar-refractivity contribution < 1.29 is 14.3 Å². The number of nitrogens with one attached hydrogen (secondary N) is 1. The van der Waals surface area contributed by atoms with Crippen LogP contribution in [0.5, 0.6) is 0 Å². The second-order valence-electron chi connectivity index (χ2n) is 5.23. The molecule has 4 heteroatoms. The SMILES string of the molecule is CCc1ccc(C(=O)NC(CC(C)C)C(=O)OC)cc1. The lowest BCUT2D eigenvalue weighted by Crippen LogP contribution is -2.42. The van der Waals surface area contributed by atoms with Crippen LogP contribution in [0.15, 0.2) is 24.3 Å². The normalized spacial score (nSPS) is 12.1. The molecule has 1 N–H and O–H groups in total. The maximum Gasteiger partial charge on any atom is 0.328 e. The Hall–Kier alpha value is -1.84. The van der Waals surface area contributed by atoms with Gasteiger partial charge in [0.25, 0.3) is 5.91 Å². The first kappa shape index (κ1) is 16.2. The van der Waals surface area contributed by atoms with E-state index in [2.05, 4.69) is 12.2 Å². The van der Waals surface area contributed by atoms with Gasteiger partial charge in [0.15, 0.2) is 0 Å². The molecule has 0 aliphatic rings. The molecule has 1 aromatic carbocycles. The van der Waals surface area contributed by atoms with Gasteiger partial charge in [0.05, 0.1) is 7.11 Å². The fourth-order valence-corrected chi connectivity index (χ4v) is 1.96. The van der Waals surface area contributed by atoms with Crippen molar-refractivity contribution in [1.82, 2.24) is 5.32 Å². The van der Waals surface area contributed by atoms with Crippen LogP contribution in [0.1, 0.15) is 43.1 Å². The predicted molar refractivity (Wildman–Crippen MR) is 78.5 cm³/mol. The molecule has 0 radical (unpaired) electrons. The van der Waals surface area contributed by atoms with E-state index in [1.165, 1.54) is 12.7 Å². The fourth-order valence-electron chi connectivity index (χ4n) is 1.96. The lowest BCUT2D eigenvalue weighted by molar-refractivity contribution is -0.143. The van der Waals surface area contributed by atoms with Gasteiger partial charge in [0.2, 0.25) is 0 Å². The Labute approximate surface area is 120 Å². The third kappa shape index (κ3) is 4.68. The van der Waals surface area contributed by atoms with Crippen molar-refractivity contribution in [3.05, 3.63) is 35.4 Å². The van der Waals surface area contributed by atoms with Gasteiger partial charge < -0.3 is 10.1 Å². The predicted octanol–water partition coefficient (Wildman–Crippen LogP) is 2.57. The van der Waals surface area contributed by atoms with E-state index in [4.69, 9.17) is 4.74 Å². The van der Waals surface area contributed by atoms with E-state index in [0.29, 0.717) is 17.9 Å². The van der Waals surface area contributed by atoms with Crippen LogP contribution >= 0.6 is 0 Å². The van der Waals surface area contributed by atoms with Crippen molar-refractivity contribution in [2.24, 2.45) is 5.92 Å². The van der Waals surface area contributed by atoms with Gasteiger partial charge in [0, 0.05) is 5.56 Å². The van der Waals surface area contributed by atoms with Crippen LogP contribution in [0.25, 0.3) is 0 Å². The van der Waals surface area contributed by atoms with Gasteiger partial charge in [-0.3, -0.25) is 4.79 Å². The monoisotopic (exact) mass is 277 g/mol. The van der Waals surface area contributed by atoms with Crippen molar-refractivity contribution >= 4 is 11.9 Å². The van der Waals surface area contributed by atoms with Crippen molar-refractivity contribution in [2.75, 3.05) is 7.11 Å². The minimum Gasteiger partial charge on any atom is -0.467 e. The lowest BCUT2D eigenvalue weighted by Gasteiger charge is -2.18. The average Bonchev–Trinajstić information content (AvgIpc) is 2.45. The van der Waals surface area contributed by atoms with Crippen LogP contribution in [0.3, 0.4) is 0 Å². The van der Waals surface area contributed by atoms with E-state index in [9.17, 15) is 9.59 Å². The van der Waals surface area contributed by atoms with Crippen molar-refractivity contribution in [3.63, 3.8) is 0 Å². The summed E-state index contributed by atoms with van der Waals surface area (Å²) in [6, 6.07) is 6.79. The summed E-state index contributed by atoms with van der Waals surface area (Å²) in [5.41, 5.74) is 1.73. The fraction of sp³-hybridized carbons (Fsp3) is 0.500. The van der Waals surface area contributed by atoms with Gasteiger partial charge in [-0.2, -0.15) is 0 Å². The van der Waals surface area contributed by atoms with Gasteiger partial charge in [-0.25, -0.2) is 4.79 Å². The molecule has 0 saturated carbocycles. The molecular formula is C16H23NO3. The topological polar surface area (TPSA) is 55.4 Å². The van der Waals surface area contributed by atoms with E-state index in [0.717, 1.165) is 6.42 Å². The molecule has 0 aromatic heterocycles. The standard InChI is InChI=1S/C16H23NO3/c1-5-12-6-8-13(9-7-12)15(18)17-14(10-11(2)3)16(19)20-4/h6-9,11,14H,5,10H2,1-4H3,(H,17,18). The number of methoxy groups -OCH3 is 1. The number of benzene rings is 1. The smallest absolute Gasteiger partial charge is 0.328 e. The van der Waals surface area contributed by atoms with Crippen molar-refractivity contribution in [3.8, 4) is 0 Å². The number of esters is 1. The first-order valence-electron chi connectivity index (χ1n) is 6.95. The summed E-state index contributed by atoms with van der Waals surface area (Å²) in [5, 5.41) is 2.74. The van der Waals surface area contributed by atoms with Gasteiger partial charge in [-0.05, 0) is 36.5 Å². The highest BCUT2D eigenvalue weighted by Crippen LogP contribution is 2.09. The Bertz CT molecular complexity index is 451. The first-order valence-corrected chi connectivity index (χ1v) is 6.95. The molecule has 0 heterocycles. The van der Waals surface area contributed by atoms with Crippen molar-refractivity contribution in [1.29, 1.82) is 0 Å². The highest BCUT2D eigenvalue weighted by Gasteiger charge is 2.22. The Morgan fingerprint density at radius 1 is 1.20 bits per heavy atom. The summed E-state index contributed by atoms with van der Waals surface area (Å²) >= 11 is 0. The third-order valence-corrected chi connectivity index (χ3v) is 3.12. The van der Waals surface area contributed by atoms with Crippen LogP contribution in [0.2, 0.25) is 0 Å². The second kappa shape index (κ2) is 7.68. The summed E-state index contributed by atoms with van der Waals surface area (Å²) in [7, 11) is 1.33. The Morgan fingerprint density at radius 3 is 2.25 bits per heavy atom. The summed E-state index contributed by atoms with van der Waals surface area (Å²) in [6.07, 6.45) is 1.49. The number of hydrogen-bond donors (Lipinski definition) is 1. The van der Waals surface area contributed by atoms with Gasteiger partial charge in [-0.15, -0.1) is 0 Å². The number of amides is 1. The van der Waals surface area contributed by atoms with E-state index < -0.39 is 12.0 Å². The van der Waals surface area contributed by atoms with Gasteiger partial charge >= 0.3 is 5.97 Å². The van der Waals surface area contributed by atoms with Crippen LogP contribution in [-0.2, 0) is 16.0 Å². The number of carbonyl (C=O) groups is 2. The zero-order valence-corrected chi connectivity index (χ0v) is 12.6. The molecule has 1 aromatic rings. The third-order valence-electron chi connectivity index (χ3n) is 3.12. The quantitative estimate of drug-likeness (QED) is 0.813. The summed E-state index contributed by atoms with van der Waals surface area (Å²) in [5.74, 6) is -0.359. The molecule has 1 rings (SSSR count). The average molecular weight is 277 g/mol. The number of aryl methyl sites for hydroxylation is 1. The second-order valence-corrected chi connectivity index (χ2v) is 5.23. The number of ether oxygens (including phenoxy) is 1. The zero-order valence-electron chi connectivity index (χ0n) is 12.6. The maximum absolute atomic E-state index is 12.1. The number of hydrogen-bond acceptors (Lipinski definition) is 3. The van der Waals surface area contributed by atoms with Gasteiger partial charge in [0.1, 0.15) is 6.04 Å². The molecule has 1 amide bonds. The molecule has 20 heavy (non-hydrogen) atoms. The van der Waals surface area contributed by atoms with Gasteiger partial charge in [-0.1, -0.05) is 32.9 Å². The molecule has 0 saturated heterocycles. The lowest BCUT2D eigenvalue weighted by atomic mass is 10.0. The molecule has 4 nitrogen and oxygen atoms in total. The molecule has 0 fully saturated rings. The van der Waals surface area contributed by atoms with Crippen LogP contribution in [0.4, 0.5) is 0 Å². The minimum atomic E-state index is -0.599. The van der Waals surface area contributed by atoms with Crippen LogP contribution in [-0.4, -0.2) is 25.0 Å². The molecule has 0 bridgehead atoms. The molecule has 0 aliphatic carbocycles.